The van der Waals surface area contributed by atoms with Gasteiger partial charge in [-0.15, -0.1) is 24.0 Å². The number of benzene rings is 2. The molecule has 6 nitrogen and oxygen atoms in total. The monoisotopic (exact) mass is 567 g/mol. The molecule has 2 heterocycles. The Kier molecular flexibility index (Phi) is 9.65. The number of nitrogens with zero attached hydrogens (tertiary/aromatic N) is 4. The zero-order chi connectivity index (χ0) is 21.5. The molecule has 2 fully saturated rings. The molecule has 2 aliphatic rings. The smallest absolute Gasteiger partial charge is 0.194 e. The zero-order valence-electron chi connectivity index (χ0n) is 18.7. The summed E-state index contributed by atoms with van der Waals surface area (Å²) in [7, 11) is 0. The Morgan fingerprint density at radius 1 is 0.938 bits per heavy atom. The Labute approximate surface area is 213 Å². The molecule has 2 N–H and O–H groups in total. The van der Waals surface area contributed by atoms with Gasteiger partial charge in [-0.2, -0.15) is 11.8 Å². The van der Waals surface area contributed by atoms with E-state index in [1.54, 1.807) is 6.07 Å². The second-order valence-corrected chi connectivity index (χ2v) is 9.12. The number of hydrogen-bond donors (Lipinski definition) is 2. The molecule has 0 saturated carbocycles. The van der Waals surface area contributed by atoms with E-state index >= 15 is 0 Å². The van der Waals surface area contributed by atoms with Crippen molar-refractivity contribution in [2.24, 2.45) is 4.99 Å². The summed E-state index contributed by atoms with van der Waals surface area (Å²) in [5.41, 5.74) is 3.47. The first-order valence-corrected chi connectivity index (χ1v) is 12.4. The SMILES string of the molecule is CCNC(=NCc1ccc(N2CCSCC2)cc1)N1CCN(c2ccccc2O)CC1.I. The Balaban J connectivity index is 0.00000289. The zero-order valence-corrected chi connectivity index (χ0v) is 21.9. The van der Waals surface area contributed by atoms with Gasteiger partial charge in [-0.3, -0.25) is 0 Å². The molecule has 0 aliphatic carbocycles. The molecule has 0 aromatic heterocycles. The van der Waals surface area contributed by atoms with Crippen molar-refractivity contribution in [2.45, 2.75) is 13.5 Å². The van der Waals surface area contributed by atoms with Crippen LogP contribution in [-0.2, 0) is 6.54 Å². The lowest BCUT2D eigenvalue weighted by atomic mass is 10.2. The number of halogens is 1. The Hall–Kier alpha value is -1.81. The van der Waals surface area contributed by atoms with E-state index in [1.165, 1.54) is 22.8 Å². The number of hydrogen-bond acceptors (Lipinski definition) is 5. The van der Waals surface area contributed by atoms with Gasteiger partial charge in [0, 0.05) is 63.0 Å². The summed E-state index contributed by atoms with van der Waals surface area (Å²) in [5.74, 6) is 3.75. The number of rotatable bonds is 5. The van der Waals surface area contributed by atoms with Crippen LogP contribution in [0, 0.1) is 0 Å². The van der Waals surface area contributed by atoms with E-state index in [9.17, 15) is 5.11 Å². The molecule has 4 rings (SSSR count). The minimum absolute atomic E-state index is 0. The summed E-state index contributed by atoms with van der Waals surface area (Å²) in [6.07, 6.45) is 0. The number of nitrogens with one attached hydrogen (secondary N) is 1. The van der Waals surface area contributed by atoms with Crippen LogP contribution in [0.1, 0.15) is 12.5 Å². The predicted molar refractivity (Wildman–Crippen MR) is 148 cm³/mol. The number of anilines is 2. The van der Waals surface area contributed by atoms with Crippen LogP contribution in [0.25, 0.3) is 0 Å². The number of aliphatic imine (C=N–C) groups is 1. The highest BCUT2D eigenvalue weighted by Crippen LogP contribution is 2.27. The van der Waals surface area contributed by atoms with Crippen LogP contribution in [0.5, 0.6) is 5.75 Å². The highest BCUT2D eigenvalue weighted by atomic mass is 127. The number of piperazine rings is 1. The predicted octanol–water partition coefficient (Wildman–Crippen LogP) is 3.85. The highest BCUT2D eigenvalue weighted by Gasteiger charge is 2.21. The average Bonchev–Trinajstić information content (AvgIpc) is 2.83. The topological polar surface area (TPSA) is 54.3 Å². The van der Waals surface area contributed by atoms with Crippen LogP contribution in [0.15, 0.2) is 53.5 Å². The van der Waals surface area contributed by atoms with Crippen LogP contribution >= 0.6 is 35.7 Å². The van der Waals surface area contributed by atoms with E-state index in [-0.39, 0.29) is 24.0 Å². The molecule has 2 saturated heterocycles. The molecular weight excluding hydrogens is 533 g/mol. The maximum Gasteiger partial charge on any atom is 0.194 e. The Bertz CT molecular complexity index is 865. The largest absolute Gasteiger partial charge is 0.506 e. The van der Waals surface area contributed by atoms with Gasteiger partial charge in [0.1, 0.15) is 5.75 Å². The molecule has 0 unspecified atom stereocenters. The number of phenolic OH excluding ortho intramolecular Hbond substituents is 1. The number of para-hydroxylation sites is 2. The summed E-state index contributed by atoms with van der Waals surface area (Å²) < 4.78 is 0. The lowest BCUT2D eigenvalue weighted by molar-refractivity contribution is 0.369. The lowest BCUT2D eigenvalue weighted by Gasteiger charge is -2.37. The summed E-state index contributed by atoms with van der Waals surface area (Å²) in [4.78, 5) is 11.9. The molecule has 32 heavy (non-hydrogen) atoms. The summed E-state index contributed by atoms with van der Waals surface area (Å²) in [6, 6.07) is 16.5. The fourth-order valence-corrected chi connectivity index (χ4v) is 5.02. The molecule has 0 atom stereocenters. The summed E-state index contributed by atoms with van der Waals surface area (Å²) in [6.45, 7) is 9.41. The van der Waals surface area contributed by atoms with Gasteiger partial charge in [-0.05, 0) is 36.8 Å². The molecule has 8 heteroatoms. The van der Waals surface area contributed by atoms with Crippen molar-refractivity contribution in [3.05, 3.63) is 54.1 Å². The van der Waals surface area contributed by atoms with Crippen molar-refractivity contribution in [1.29, 1.82) is 0 Å². The fraction of sp³-hybridized carbons (Fsp3) is 0.458. The van der Waals surface area contributed by atoms with Crippen LogP contribution in [0.2, 0.25) is 0 Å². The second kappa shape index (κ2) is 12.4. The van der Waals surface area contributed by atoms with E-state index in [4.69, 9.17) is 4.99 Å². The van der Waals surface area contributed by atoms with Gasteiger partial charge >= 0.3 is 0 Å². The van der Waals surface area contributed by atoms with Crippen LogP contribution in [0.3, 0.4) is 0 Å². The van der Waals surface area contributed by atoms with Gasteiger partial charge in [0.05, 0.1) is 12.2 Å². The fourth-order valence-electron chi connectivity index (χ4n) is 4.12. The highest BCUT2D eigenvalue weighted by molar-refractivity contribution is 14.0. The average molecular weight is 568 g/mol. The third kappa shape index (κ3) is 6.37. The molecule has 2 aliphatic heterocycles. The molecule has 174 valence electrons. The first-order chi connectivity index (χ1) is 15.2. The van der Waals surface area contributed by atoms with Crippen LogP contribution in [0.4, 0.5) is 11.4 Å². The van der Waals surface area contributed by atoms with Crippen molar-refractivity contribution < 1.29 is 5.11 Å². The standard InChI is InChI=1S/C24H33N5OS.HI/c1-2-25-24(29-13-11-28(12-14-29)22-5-3-4-6-23(22)30)26-19-20-7-9-21(10-8-20)27-15-17-31-18-16-27;/h3-10,30H,2,11-19H2,1H3,(H,25,26);1H. The lowest BCUT2D eigenvalue weighted by Crippen LogP contribution is -2.52. The van der Waals surface area contributed by atoms with E-state index in [0.717, 1.165) is 57.5 Å². The normalized spacial score (nSPS) is 17.2. The van der Waals surface area contributed by atoms with Gasteiger partial charge in [0.25, 0.3) is 0 Å². The van der Waals surface area contributed by atoms with Gasteiger partial charge in [0.15, 0.2) is 5.96 Å². The van der Waals surface area contributed by atoms with Crippen molar-refractivity contribution in [1.82, 2.24) is 10.2 Å². The number of phenols is 1. The minimum Gasteiger partial charge on any atom is -0.506 e. The molecular formula is C24H34IN5OS. The number of aromatic hydroxyl groups is 1. The molecule has 0 amide bonds. The van der Waals surface area contributed by atoms with Crippen molar-refractivity contribution in [2.75, 3.05) is 67.1 Å². The van der Waals surface area contributed by atoms with Gasteiger partial charge in [0.2, 0.25) is 0 Å². The van der Waals surface area contributed by atoms with Gasteiger partial charge in [-0.1, -0.05) is 24.3 Å². The maximum atomic E-state index is 10.1. The number of thioether (sulfide) groups is 1. The first kappa shape index (κ1) is 24.8. The van der Waals surface area contributed by atoms with E-state index in [0.29, 0.717) is 12.3 Å². The Morgan fingerprint density at radius 2 is 1.62 bits per heavy atom. The summed E-state index contributed by atoms with van der Waals surface area (Å²) >= 11 is 2.04. The third-order valence-corrected chi connectivity index (χ3v) is 6.80. The van der Waals surface area contributed by atoms with Gasteiger partial charge in [-0.25, -0.2) is 4.99 Å². The molecule has 0 radical (unpaired) electrons. The Morgan fingerprint density at radius 3 is 2.28 bits per heavy atom. The number of guanidine groups is 1. The first-order valence-electron chi connectivity index (χ1n) is 11.2. The summed E-state index contributed by atoms with van der Waals surface area (Å²) in [5, 5.41) is 13.6. The molecule has 2 aromatic rings. The third-order valence-electron chi connectivity index (χ3n) is 5.86. The molecule has 0 bridgehead atoms. The second-order valence-electron chi connectivity index (χ2n) is 7.90. The van der Waals surface area contributed by atoms with Crippen LogP contribution in [-0.4, -0.2) is 73.3 Å². The van der Waals surface area contributed by atoms with E-state index in [2.05, 4.69) is 51.2 Å². The van der Waals surface area contributed by atoms with E-state index < -0.39 is 0 Å². The van der Waals surface area contributed by atoms with Crippen molar-refractivity contribution >= 4 is 53.1 Å². The quantitative estimate of drug-likeness (QED) is 0.326. The van der Waals surface area contributed by atoms with E-state index in [1.807, 2.05) is 30.0 Å². The molecule has 0 spiro atoms. The van der Waals surface area contributed by atoms with Crippen LogP contribution < -0.4 is 15.1 Å². The van der Waals surface area contributed by atoms with Crippen molar-refractivity contribution in [3.8, 4) is 5.75 Å². The maximum absolute atomic E-state index is 10.1. The van der Waals surface area contributed by atoms with Crippen molar-refractivity contribution in [3.63, 3.8) is 0 Å². The molecule has 2 aromatic carbocycles. The van der Waals surface area contributed by atoms with Gasteiger partial charge < -0.3 is 25.1 Å². The minimum atomic E-state index is 0.